The topological polar surface area (TPSA) is 173 Å². The fourth-order valence-electron chi connectivity index (χ4n) is 9.12. The summed E-state index contributed by atoms with van der Waals surface area (Å²) in [5.41, 5.74) is 3.12. The van der Waals surface area contributed by atoms with E-state index in [2.05, 4.69) is 53.5 Å². The van der Waals surface area contributed by atoms with Crippen molar-refractivity contribution in [2.75, 3.05) is 26.4 Å². The monoisotopic (exact) mass is 940 g/mol. The van der Waals surface area contributed by atoms with Crippen LogP contribution in [0.15, 0.2) is 78.4 Å². The molecule has 3 atom stereocenters. The third kappa shape index (κ3) is 12.1. The van der Waals surface area contributed by atoms with Gasteiger partial charge < -0.3 is 40.2 Å². The summed E-state index contributed by atoms with van der Waals surface area (Å²) in [4.78, 5) is 63.7. The molecule has 66 heavy (non-hydrogen) atoms. The number of carbonyl (C=O) groups is 4. The minimum atomic E-state index is -0.951. The summed E-state index contributed by atoms with van der Waals surface area (Å²) in [5, 5.41) is 19.8. The molecular weight excluding hydrogens is 880 g/mol. The molecule has 1 aliphatic carbocycles. The minimum Gasteiger partial charge on any atom is -0.494 e. The Balaban J connectivity index is 0.875. The maximum atomic E-state index is 13.9. The molecule has 4 N–H and O–H groups in total. The molecule has 2 aliphatic rings. The third-order valence-corrected chi connectivity index (χ3v) is 13.5. The van der Waals surface area contributed by atoms with Crippen LogP contribution in [0.25, 0.3) is 15.3 Å². The summed E-state index contributed by atoms with van der Waals surface area (Å²) in [7, 11) is 0. The van der Waals surface area contributed by atoms with Crippen molar-refractivity contribution >= 4 is 52.3 Å². The van der Waals surface area contributed by atoms with Gasteiger partial charge in [-0.25, -0.2) is 4.85 Å². The molecule has 0 unspecified atom stereocenters. The van der Waals surface area contributed by atoms with E-state index in [0.29, 0.717) is 47.4 Å². The second kappa shape index (κ2) is 21.4. The van der Waals surface area contributed by atoms with Gasteiger partial charge in [0.1, 0.15) is 36.3 Å². The van der Waals surface area contributed by atoms with Crippen LogP contribution < -0.4 is 25.4 Å². The molecule has 1 aliphatic heterocycles. The van der Waals surface area contributed by atoms with Crippen LogP contribution in [0.2, 0.25) is 5.02 Å². The zero-order valence-corrected chi connectivity index (χ0v) is 40.3. The fourth-order valence-corrected chi connectivity index (χ4v) is 9.96. The number of aromatic nitrogens is 1. The van der Waals surface area contributed by atoms with Crippen LogP contribution in [-0.4, -0.2) is 95.3 Å². The second-order valence-electron chi connectivity index (χ2n) is 19.3. The summed E-state index contributed by atoms with van der Waals surface area (Å²) >= 11 is 7.78. The number of carbonyl (C=O) groups excluding carboxylic acids is 4. The summed E-state index contributed by atoms with van der Waals surface area (Å²) in [6.07, 6.45) is 3.06. The number of halogens is 1. The molecule has 1 saturated heterocycles. The molecular formula is C50H61ClN6O8S. The van der Waals surface area contributed by atoms with E-state index < -0.39 is 35.4 Å². The van der Waals surface area contributed by atoms with Crippen LogP contribution in [-0.2, 0) is 25.7 Å². The third-order valence-electron chi connectivity index (χ3n) is 12.4. The Morgan fingerprint density at radius 3 is 2.29 bits per heavy atom. The van der Waals surface area contributed by atoms with Crippen molar-refractivity contribution in [1.82, 2.24) is 25.8 Å². The number of nitrogens with zero attached hydrogens (tertiary/aromatic N) is 3. The molecule has 1 aromatic heterocycles. The number of ether oxygens (including phenoxy) is 3. The highest BCUT2D eigenvalue weighted by atomic mass is 35.5. The van der Waals surface area contributed by atoms with Crippen molar-refractivity contribution in [2.24, 2.45) is 16.2 Å². The molecule has 2 fully saturated rings. The number of nitrogens with one attached hydrogen (secondary N) is 3. The molecule has 4 aromatic rings. The molecule has 0 radical (unpaired) electrons. The molecule has 14 nitrogen and oxygen atoms in total. The second-order valence-corrected chi connectivity index (χ2v) is 20.6. The highest BCUT2D eigenvalue weighted by molar-refractivity contribution is 7.13. The van der Waals surface area contributed by atoms with E-state index >= 15 is 0 Å². The predicted octanol–water partition coefficient (Wildman–Crippen LogP) is 8.00. The maximum absolute atomic E-state index is 13.9. The normalized spacial score (nSPS) is 20.0. The van der Waals surface area contributed by atoms with Gasteiger partial charge in [0, 0.05) is 54.7 Å². The van der Waals surface area contributed by atoms with Crippen molar-refractivity contribution < 1.29 is 38.5 Å². The minimum absolute atomic E-state index is 0.0119. The van der Waals surface area contributed by atoms with Gasteiger partial charge in [-0.3, -0.25) is 24.2 Å². The van der Waals surface area contributed by atoms with E-state index in [0.717, 1.165) is 28.8 Å². The Labute approximate surface area is 396 Å². The van der Waals surface area contributed by atoms with Crippen molar-refractivity contribution in [3.8, 4) is 21.9 Å². The molecule has 1 saturated carbocycles. The van der Waals surface area contributed by atoms with Crippen LogP contribution >= 0.6 is 22.9 Å². The molecule has 3 aromatic carbocycles. The zero-order valence-electron chi connectivity index (χ0n) is 38.7. The number of hydrogen-bond acceptors (Lipinski definition) is 10. The largest absolute Gasteiger partial charge is 0.494 e. The smallest absolute Gasteiger partial charge is 0.251 e. The van der Waals surface area contributed by atoms with Gasteiger partial charge in [0.15, 0.2) is 0 Å². The Morgan fingerprint density at radius 1 is 0.970 bits per heavy atom. The number of benzene rings is 3. The Bertz CT molecular complexity index is 2350. The first kappa shape index (κ1) is 49.9. The first-order valence-electron chi connectivity index (χ1n) is 22.3. The summed E-state index contributed by atoms with van der Waals surface area (Å²) < 4.78 is 17.9. The molecule has 16 heteroatoms. The van der Waals surface area contributed by atoms with Crippen LogP contribution in [0, 0.1) is 22.8 Å². The fraction of sp³-hybridized carbons (Fsp3) is 0.480. The van der Waals surface area contributed by atoms with E-state index in [9.17, 15) is 24.3 Å². The highest BCUT2D eigenvalue weighted by Gasteiger charge is 2.64. The molecule has 352 valence electrons. The Hall–Kier alpha value is -5.53. The summed E-state index contributed by atoms with van der Waals surface area (Å²) in [5.74, 6) is -0.215. The number of β-amino-alcohol motifs (C(OH)–C–C–N with tert-alkyl or cyclic N) is 1. The zero-order chi connectivity index (χ0) is 47.8. The van der Waals surface area contributed by atoms with Crippen molar-refractivity contribution in [3.05, 3.63) is 106 Å². The van der Waals surface area contributed by atoms with E-state index in [1.165, 1.54) is 4.90 Å². The average molecular weight is 942 g/mol. The van der Waals surface area contributed by atoms with Gasteiger partial charge >= 0.3 is 0 Å². The summed E-state index contributed by atoms with van der Waals surface area (Å²) in [6, 6.07) is 17.9. The molecule has 0 spiro atoms. The van der Waals surface area contributed by atoms with Crippen molar-refractivity contribution in [1.29, 1.82) is 0 Å². The van der Waals surface area contributed by atoms with E-state index in [-0.39, 0.29) is 60.9 Å². The Morgan fingerprint density at radius 2 is 1.65 bits per heavy atom. The van der Waals surface area contributed by atoms with E-state index in [1.54, 1.807) is 65.5 Å². The van der Waals surface area contributed by atoms with Crippen LogP contribution in [0.4, 0.5) is 5.69 Å². The number of aliphatic hydroxyl groups excluding tert-OH is 1. The summed E-state index contributed by atoms with van der Waals surface area (Å²) in [6.45, 7) is 21.8. The van der Waals surface area contributed by atoms with Gasteiger partial charge in [-0.2, -0.15) is 0 Å². The number of amides is 4. The lowest BCUT2D eigenvalue weighted by atomic mass is 9.49. The lowest BCUT2D eigenvalue weighted by molar-refractivity contribution is -0.164. The number of thiazole rings is 1. The number of unbranched alkanes of at least 4 members (excludes halogenated alkanes) is 2. The number of rotatable bonds is 19. The van der Waals surface area contributed by atoms with Crippen LogP contribution in [0.1, 0.15) is 90.1 Å². The van der Waals surface area contributed by atoms with Crippen LogP contribution in [0.3, 0.4) is 0 Å². The lowest BCUT2D eigenvalue weighted by Crippen LogP contribution is -2.74. The number of aliphatic hydroxyl groups is 1. The number of hydrogen-bond donors (Lipinski definition) is 4. The Kier molecular flexibility index (Phi) is 16.2. The first-order chi connectivity index (χ1) is 31.3. The molecule has 2 heterocycles. The standard InChI is InChI=1S/C50H61ClN6O8S/c1-48(2,3)42(45(62)57-28-34(58)24-39(57)44(61)54-26-31-12-14-32(15-13-31)40-27-53-30-66-40)55-41(59)29-63-22-10-9-11-23-64-35-18-16-33(17-19-35)43(60)56-46-49(4,5)47(50(46,6)7)65-36-20-21-38(52-8)37(51)25-36/h12-21,25,27,30,34,39,42,46-47,58H,9-11,22-24,26,28-29H2,1-7H3,(H,54,61)(H,55,59)(H,56,60)/t34-,39+,42-,46?,47?/m1/s1. The number of likely N-dealkylation sites (tertiary alicyclic amines) is 1. The van der Waals surface area contributed by atoms with Gasteiger partial charge in [-0.15, -0.1) is 11.3 Å². The van der Waals surface area contributed by atoms with E-state index in [1.807, 2.05) is 45.0 Å². The van der Waals surface area contributed by atoms with Gasteiger partial charge in [0.05, 0.1) is 34.7 Å². The van der Waals surface area contributed by atoms with Crippen LogP contribution in [0.5, 0.6) is 11.5 Å². The maximum Gasteiger partial charge on any atom is 0.251 e. The lowest BCUT2D eigenvalue weighted by Gasteiger charge is -2.63. The average Bonchev–Trinajstić information content (AvgIpc) is 3.97. The highest BCUT2D eigenvalue weighted by Crippen LogP contribution is 2.55. The quantitative estimate of drug-likeness (QED) is 0.0537. The van der Waals surface area contributed by atoms with Crippen molar-refractivity contribution in [2.45, 2.75) is 111 Å². The predicted molar refractivity (Wildman–Crippen MR) is 254 cm³/mol. The first-order valence-corrected chi connectivity index (χ1v) is 23.5. The van der Waals surface area contributed by atoms with E-state index in [4.69, 9.17) is 32.4 Å². The van der Waals surface area contributed by atoms with Gasteiger partial charge in [0.25, 0.3) is 5.91 Å². The van der Waals surface area contributed by atoms with Gasteiger partial charge in [-0.05, 0) is 72.2 Å². The van der Waals surface area contributed by atoms with Gasteiger partial charge in [-0.1, -0.05) is 90.4 Å². The molecule has 6 rings (SSSR count). The SMILES string of the molecule is [C-]#[N+]c1ccc(OC2C(C)(C)C(NC(=O)c3ccc(OCCCCCOCC(=O)N[C@H](C(=O)N4C[C@H](O)C[C@H]4C(=O)NCc4ccc(-c5cncs5)cc4)C(C)(C)C)cc3)C2(C)C)cc1Cl. The molecule has 0 bridgehead atoms. The van der Waals surface area contributed by atoms with Crippen molar-refractivity contribution in [3.63, 3.8) is 0 Å². The van der Waals surface area contributed by atoms with Gasteiger partial charge in [0.2, 0.25) is 23.4 Å². The molecule has 4 amide bonds.